The number of thiazole rings is 1. The Labute approximate surface area is 258 Å². The van der Waals surface area contributed by atoms with E-state index in [2.05, 4.69) is 23.9 Å². The lowest BCUT2D eigenvalue weighted by Crippen LogP contribution is -2.23. The van der Waals surface area contributed by atoms with Gasteiger partial charge in [-0.25, -0.2) is 4.68 Å². The maximum atomic E-state index is 13.4. The molecule has 0 saturated carbocycles. The highest BCUT2D eigenvalue weighted by molar-refractivity contribution is 7.15. The third kappa shape index (κ3) is 6.11. The molecule has 6 rings (SSSR count). The maximum Gasteiger partial charge on any atom is 0.291 e. The van der Waals surface area contributed by atoms with E-state index in [0.29, 0.717) is 39.3 Å². The zero-order valence-corrected chi connectivity index (χ0v) is 25.6. The lowest BCUT2D eigenvalue weighted by atomic mass is 10.1. The zero-order valence-electron chi connectivity index (χ0n) is 24.8. The molecule has 3 heterocycles. The van der Waals surface area contributed by atoms with Gasteiger partial charge in [0.05, 0.1) is 31.0 Å². The molecule has 0 aliphatic heterocycles. The second-order valence-electron chi connectivity index (χ2n) is 10.5. The molecule has 44 heavy (non-hydrogen) atoms. The molecule has 0 amide bonds. The molecule has 0 N–H and O–H groups in total. The lowest BCUT2D eigenvalue weighted by molar-refractivity contribution is 0.271. The average Bonchev–Trinajstić information content (AvgIpc) is 3.74. The molecule has 10 heteroatoms. The fourth-order valence-electron chi connectivity index (χ4n) is 4.59. The van der Waals surface area contributed by atoms with Gasteiger partial charge in [-0.05, 0) is 72.2 Å². The summed E-state index contributed by atoms with van der Waals surface area (Å²) < 4.78 is 20.2. The van der Waals surface area contributed by atoms with Crippen molar-refractivity contribution in [2.45, 2.75) is 13.8 Å². The quantitative estimate of drug-likeness (QED) is 0.196. The number of aromatic nitrogens is 5. The number of ether oxygens (including phenoxy) is 3. The van der Waals surface area contributed by atoms with Crippen LogP contribution in [0, 0.1) is 5.92 Å². The van der Waals surface area contributed by atoms with Gasteiger partial charge in [0.2, 0.25) is 4.96 Å². The fraction of sp³-hybridized carbons (Fsp3) is 0.176. The van der Waals surface area contributed by atoms with E-state index in [9.17, 15) is 4.79 Å². The van der Waals surface area contributed by atoms with Crippen LogP contribution >= 0.6 is 11.3 Å². The Morgan fingerprint density at radius 2 is 1.68 bits per heavy atom. The van der Waals surface area contributed by atoms with Gasteiger partial charge < -0.3 is 14.2 Å². The summed E-state index contributed by atoms with van der Waals surface area (Å²) in [4.78, 5) is 18.5. The number of methoxy groups -OCH3 is 2. The first kappa shape index (κ1) is 28.9. The van der Waals surface area contributed by atoms with E-state index in [4.69, 9.17) is 19.3 Å². The smallest absolute Gasteiger partial charge is 0.291 e. The summed E-state index contributed by atoms with van der Waals surface area (Å²) in [6.45, 7) is 4.88. The molecule has 0 bridgehead atoms. The van der Waals surface area contributed by atoms with Gasteiger partial charge in [-0.2, -0.15) is 14.6 Å². The Balaban J connectivity index is 1.34. The van der Waals surface area contributed by atoms with Crippen LogP contribution in [0.4, 0.5) is 0 Å². The molecule has 222 valence electrons. The first-order valence-corrected chi connectivity index (χ1v) is 14.9. The normalized spacial score (nSPS) is 12.1. The predicted molar refractivity (Wildman–Crippen MR) is 174 cm³/mol. The molecule has 0 unspecified atom stereocenters. The highest BCUT2D eigenvalue weighted by Crippen LogP contribution is 2.29. The lowest BCUT2D eigenvalue weighted by Gasteiger charge is -2.09. The Morgan fingerprint density at radius 3 is 2.39 bits per heavy atom. The molecule has 0 atom stereocenters. The van der Waals surface area contributed by atoms with Crippen LogP contribution in [-0.4, -0.2) is 45.2 Å². The van der Waals surface area contributed by atoms with E-state index < -0.39 is 0 Å². The Hall–Kier alpha value is -5.22. The monoisotopic (exact) mass is 605 g/mol. The third-order valence-corrected chi connectivity index (χ3v) is 7.75. The molecule has 3 aromatic heterocycles. The molecular weight excluding hydrogens is 574 g/mol. The highest BCUT2D eigenvalue weighted by atomic mass is 32.1. The van der Waals surface area contributed by atoms with Gasteiger partial charge in [-0.3, -0.25) is 4.79 Å². The highest BCUT2D eigenvalue weighted by Gasteiger charge is 2.14. The SMILES string of the molecule is COc1ccc(/C=C/c2nc3s/c(=C\c4cn(-c5ccccc5)nc4-c4ccc(OCC(C)C)cc4)c(=O)n3n2)cc1OC. The number of fused-ring (bicyclic) bond motifs is 1. The van der Waals surface area contributed by atoms with Crippen molar-refractivity contribution in [1.82, 2.24) is 24.4 Å². The third-order valence-electron chi connectivity index (χ3n) is 6.79. The summed E-state index contributed by atoms with van der Waals surface area (Å²) in [5, 5.41) is 9.34. The summed E-state index contributed by atoms with van der Waals surface area (Å²) in [6, 6.07) is 23.3. The van der Waals surface area contributed by atoms with Crippen LogP contribution in [0.5, 0.6) is 17.2 Å². The van der Waals surface area contributed by atoms with Crippen LogP contribution in [0.25, 0.3) is 40.1 Å². The van der Waals surface area contributed by atoms with Gasteiger partial charge in [0.1, 0.15) is 11.4 Å². The van der Waals surface area contributed by atoms with E-state index >= 15 is 0 Å². The number of rotatable bonds is 10. The molecular formula is C34H31N5O4S. The Bertz CT molecular complexity index is 2040. The minimum absolute atomic E-state index is 0.237. The summed E-state index contributed by atoms with van der Waals surface area (Å²) >= 11 is 1.29. The van der Waals surface area contributed by atoms with E-state index in [-0.39, 0.29) is 5.56 Å². The molecule has 0 fully saturated rings. The van der Waals surface area contributed by atoms with Crippen LogP contribution in [0.1, 0.15) is 30.8 Å². The van der Waals surface area contributed by atoms with Crippen molar-refractivity contribution in [1.29, 1.82) is 0 Å². The molecule has 0 saturated heterocycles. The number of nitrogens with zero attached hydrogens (tertiary/aromatic N) is 5. The van der Waals surface area contributed by atoms with Gasteiger partial charge in [-0.15, -0.1) is 5.10 Å². The molecule has 6 aromatic rings. The summed E-state index contributed by atoms with van der Waals surface area (Å²) in [5.41, 5.74) is 4.04. The zero-order chi connectivity index (χ0) is 30.6. The van der Waals surface area contributed by atoms with Gasteiger partial charge >= 0.3 is 0 Å². The van der Waals surface area contributed by atoms with Crippen molar-refractivity contribution < 1.29 is 14.2 Å². The molecule has 0 aliphatic rings. The Morgan fingerprint density at radius 1 is 0.909 bits per heavy atom. The fourth-order valence-corrected chi connectivity index (χ4v) is 5.50. The average molecular weight is 606 g/mol. The van der Waals surface area contributed by atoms with Crippen LogP contribution in [0.2, 0.25) is 0 Å². The van der Waals surface area contributed by atoms with Crippen molar-refractivity contribution in [3.63, 3.8) is 0 Å². The maximum absolute atomic E-state index is 13.4. The summed E-state index contributed by atoms with van der Waals surface area (Å²) in [7, 11) is 3.19. The molecule has 0 aliphatic carbocycles. The van der Waals surface area contributed by atoms with Crippen molar-refractivity contribution in [3.8, 4) is 34.2 Å². The van der Waals surface area contributed by atoms with Crippen LogP contribution in [0.15, 0.2) is 83.8 Å². The van der Waals surface area contributed by atoms with Crippen molar-refractivity contribution >= 4 is 34.5 Å². The van der Waals surface area contributed by atoms with Gasteiger partial charge in [-0.1, -0.05) is 55.5 Å². The van der Waals surface area contributed by atoms with E-state index in [1.165, 1.54) is 15.9 Å². The number of para-hydroxylation sites is 1. The minimum Gasteiger partial charge on any atom is -0.493 e. The summed E-state index contributed by atoms with van der Waals surface area (Å²) in [5.74, 6) is 2.95. The van der Waals surface area contributed by atoms with Gasteiger partial charge in [0, 0.05) is 17.3 Å². The Kier molecular flexibility index (Phi) is 8.25. The van der Waals surface area contributed by atoms with Gasteiger partial charge in [0.15, 0.2) is 17.3 Å². The van der Waals surface area contributed by atoms with Gasteiger partial charge in [0.25, 0.3) is 5.56 Å². The topological polar surface area (TPSA) is 92.8 Å². The van der Waals surface area contributed by atoms with Crippen molar-refractivity contribution in [2.75, 3.05) is 20.8 Å². The van der Waals surface area contributed by atoms with Crippen LogP contribution in [-0.2, 0) is 0 Å². The summed E-state index contributed by atoms with van der Waals surface area (Å²) in [6.07, 6.45) is 7.41. The molecule has 9 nitrogen and oxygen atoms in total. The van der Waals surface area contributed by atoms with E-state index in [0.717, 1.165) is 33.8 Å². The van der Waals surface area contributed by atoms with Crippen molar-refractivity contribution in [3.05, 3.63) is 111 Å². The number of hydrogen-bond donors (Lipinski definition) is 0. The molecule has 0 radical (unpaired) electrons. The van der Waals surface area contributed by atoms with Crippen LogP contribution in [0.3, 0.4) is 0 Å². The predicted octanol–water partition coefficient (Wildman–Crippen LogP) is 5.77. The second-order valence-corrected chi connectivity index (χ2v) is 11.5. The molecule has 3 aromatic carbocycles. The second kappa shape index (κ2) is 12.6. The van der Waals surface area contributed by atoms with Crippen molar-refractivity contribution in [2.24, 2.45) is 5.92 Å². The molecule has 0 spiro atoms. The van der Waals surface area contributed by atoms with Crippen LogP contribution < -0.4 is 24.3 Å². The number of benzene rings is 3. The largest absolute Gasteiger partial charge is 0.493 e. The first-order valence-electron chi connectivity index (χ1n) is 14.1. The van der Waals surface area contributed by atoms with E-state index in [1.807, 2.05) is 95.8 Å². The standard InChI is InChI=1S/C34H31N5O4S/c1-22(2)21-43-27-14-12-24(13-15-27)32-25(20-38(37-32)26-8-6-5-7-9-26)19-30-33(40)39-34(44-30)35-31(36-39)17-11-23-10-16-28(41-3)29(18-23)42-4/h5-20,22H,21H2,1-4H3/b17-11+,30-19-. The first-order chi connectivity index (χ1) is 21.4. The van der Waals surface area contributed by atoms with E-state index in [1.54, 1.807) is 20.3 Å². The minimum atomic E-state index is -0.237. The number of hydrogen-bond acceptors (Lipinski definition) is 8.